The molecule has 4 N–H and O–H groups in total. The molecule has 116 valence electrons. The first-order chi connectivity index (χ1) is 10.1. The van der Waals surface area contributed by atoms with Gasteiger partial charge in [0.15, 0.2) is 0 Å². The van der Waals surface area contributed by atoms with Crippen molar-refractivity contribution in [3.8, 4) is 0 Å². The van der Waals surface area contributed by atoms with Crippen LogP contribution < -0.4 is 11.5 Å². The highest BCUT2D eigenvalue weighted by atomic mass is 15.2. The third kappa shape index (κ3) is 2.86. The van der Waals surface area contributed by atoms with Crippen molar-refractivity contribution < 1.29 is 0 Å². The van der Waals surface area contributed by atoms with Gasteiger partial charge >= 0.3 is 0 Å². The summed E-state index contributed by atoms with van der Waals surface area (Å²) in [6, 6.07) is 8.08. The number of likely N-dealkylation sites (tertiary alicyclic amines) is 1. The molecule has 2 heterocycles. The highest BCUT2D eigenvalue weighted by Gasteiger charge is 2.34. The molecule has 2 aliphatic heterocycles. The van der Waals surface area contributed by atoms with Gasteiger partial charge in [0.1, 0.15) is 0 Å². The van der Waals surface area contributed by atoms with Crippen LogP contribution in [0.1, 0.15) is 41.6 Å². The number of nitrogens with zero attached hydrogens (tertiary/aromatic N) is 2. The van der Waals surface area contributed by atoms with Crippen LogP contribution in [0, 0.1) is 6.92 Å². The van der Waals surface area contributed by atoms with E-state index < -0.39 is 0 Å². The van der Waals surface area contributed by atoms with Crippen LogP contribution in [-0.4, -0.2) is 49.1 Å². The quantitative estimate of drug-likeness (QED) is 0.864. The molecule has 4 nitrogen and oxygen atoms in total. The fourth-order valence-electron chi connectivity index (χ4n) is 3.87. The minimum Gasteiger partial charge on any atom is -0.329 e. The number of rotatable bonds is 2. The molecule has 3 rings (SSSR count). The second kappa shape index (κ2) is 6.05. The van der Waals surface area contributed by atoms with Crippen LogP contribution in [0.25, 0.3) is 0 Å². The molecule has 1 aromatic rings. The van der Waals surface area contributed by atoms with Crippen molar-refractivity contribution in [2.45, 2.75) is 37.9 Å². The lowest BCUT2D eigenvalue weighted by Crippen LogP contribution is -2.48. The molecule has 2 atom stereocenters. The Morgan fingerprint density at radius 1 is 1.19 bits per heavy atom. The van der Waals surface area contributed by atoms with Gasteiger partial charge < -0.3 is 11.5 Å². The minimum absolute atomic E-state index is 0.351. The normalized spacial score (nSPS) is 28.6. The van der Waals surface area contributed by atoms with Gasteiger partial charge in [-0.2, -0.15) is 0 Å². The Kier molecular flexibility index (Phi) is 4.31. The van der Waals surface area contributed by atoms with Gasteiger partial charge in [0, 0.05) is 44.3 Å². The van der Waals surface area contributed by atoms with E-state index in [1.54, 1.807) is 0 Å². The Morgan fingerprint density at radius 2 is 1.90 bits per heavy atom. The molecule has 0 radical (unpaired) electrons. The maximum Gasteiger partial charge on any atom is 0.0478 e. The topological polar surface area (TPSA) is 58.5 Å². The van der Waals surface area contributed by atoms with Gasteiger partial charge in [-0.3, -0.25) is 9.80 Å². The molecule has 2 aliphatic rings. The first kappa shape index (κ1) is 15.0. The van der Waals surface area contributed by atoms with Gasteiger partial charge in [0.25, 0.3) is 0 Å². The second-order valence-electron chi connectivity index (χ2n) is 6.71. The predicted molar refractivity (Wildman–Crippen MR) is 87.1 cm³/mol. The Bertz CT molecular complexity index is 494. The molecule has 0 aliphatic carbocycles. The van der Waals surface area contributed by atoms with Gasteiger partial charge in [-0.1, -0.05) is 23.8 Å². The first-order valence-electron chi connectivity index (χ1n) is 8.10. The fourth-order valence-corrected chi connectivity index (χ4v) is 3.87. The summed E-state index contributed by atoms with van der Waals surface area (Å²) in [7, 11) is 2.20. The summed E-state index contributed by atoms with van der Waals surface area (Å²) in [6.07, 6.45) is 2.23. The molecule has 4 heteroatoms. The molecule has 0 spiro atoms. The summed E-state index contributed by atoms with van der Waals surface area (Å²) in [5.41, 5.74) is 16.3. The summed E-state index contributed by atoms with van der Waals surface area (Å²) in [6.45, 7) is 6.15. The summed E-state index contributed by atoms with van der Waals surface area (Å²) >= 11 is 0. The lowest BCUT2D eigenvalue weighted by atomic mass is 9.86. The average molecular weight is 288 g/mol. The minimum atomic E-state index is 0.351. The molecule has 1 aromatic carbocycles. The van der Waals surface area contributed by atoms with Crippen LogP contribution in [0.15, 0.2) is 18.2 Å². The zero-order chi connectivity index (χ0) is 15.0. The summed E-state index contributed by atoms with van der Waals surface area (Å²) < 4.78 is 0. The Hall–Kier alpha value is -0.940. The molecule has 21 heavy (non-hydrogen) atoms. The number of piperidine rings is 1. The van der Waals surface area contributed by atoms with Crippen LogP contribution in [0.5, 0.6) is 0 Å². The van der Waals surface area contributed by atoms with E-state index in [4.69, 9.17) is 11.5 Å². The zero-order valence-corrected chi connectivity index (χ0v) is 13.3. The van der Waals surface area contributed by atoms with E-state index in [1.165, 1.54) is 16.7 Å². The maximum absolute atomic E-state index is 6.06. The SMILES string of the molecule is Cc1ccc2c(c1)C(N1CCC(N)CC1)CN(C)C2CN. The highest BCUT2D eigenvalue weighted by molar-refractivity contribution is 5.38. The smallest absolute Gasteiger partial charge is 0.0478 e. The standard InChI is InChI=1S/C17H28N4/c1-12-3-4-14-15(9-12)17(11-20(2)16(14)10-18)21-7-5-13(19)6-8-21/h3-4,9,13,16-17H,5-8,10-11,18-19H2,1-2H3. The molecule has 2 unspecified atom stereocenters. The highest BCUT2D eigenvalue weighted by Crippen LogP contribution is 2.37. The van der Waals surface area contributed by atoms with E-state index >= 15 is 0 Å². The molecule has 1 fully saturated rings. The second-order valence-corrected chi connectivity index (χ2v) is 6.71. The van der Waals surface area contributed by atoms with Crippen LogP contribution in [0.3, 0.4) is 0 Å². The average Bonchev–Trinajstić information content (AvgIpc) is 2.48. The molecule has 0 saturated carbocycles. The van der Waals surface area contributed by atoms with Crippen molar-refractivity contribution in [2.75, 3.05) is 33.2 Å². The van der Waals surface area contributed by atoms with Crippen LogP contribution in [0.2, 0.25) is 0 Å². The number of nitrogens with two attached hydrogens (primary N) is 2. The molecule has 0 amide bonds. The van der Waals surface area contributed by atoms with Gasteiger partial charge in [-0.15, -0.1) is 0 Å². The third-order valence-corrected chi connectivity index (χ3v) is 5.19. The van der Waals surface area contributed by atoms with E-state index in [9.17, 15) is 0 Å². The van der Waals surface area contributed by atoms with Crippen molar-refractivity contribution in [2.24, 2.45) is 11.5 Å². The van der Waals surface area contributed by atoms with E-state index in [2.05, 4.69) is 42.0 Å². The lowest BCUT2D eigenvalue weighted by molar-refractivity contribution is 0.0907. The van der Waals surface area contributed by atoms with Gasteiger partial charge in [0.05, 0.1) is 0 Å². The Morgan fingerprint density at radius 3 is 2.57 bits per heavy atom. The summed E-state index contributed by atoms with van der Waals surface area (Å²) in [5, 5.41) is 0. The summed E-state index contributed by atoms with van der Waals surface area (Å²) in [5.74, 6) is 0. The van der Waals surface area contributed by atoms with E-state index in [1.807, 2.05) is 0 Å². The molecule has 1 saturated heterocycles. The fraction of sp³-hybridized carbons (Fsp3) is 0.647. The van der Waals surface area contributed by atoms with Crippen LogP contribution >= 0.6 is 0 Å². The number of likely N-dealkylation sites (N-methyl/N-ethyl adjacent to an activating group) is 1. The van der Waals surface area contributed by atoms with Gasteiger partial charge in [-0.05, 0) is 37.9 Å². The van der Waals surface area contributed by atoms with Gasteiger partial charge in [0.2, 0.25) is 0 Å². The monoisotopic (exact) mass is 288 g/mol. The number of benzene rings is 1. The third-order valence-electron chi connectivity index (χ3n) is 5.19. The molecule has 0 aromatic heterocycles. The first-order valence-corrected chi connectivity index (χ1v) is 8.10. The van der Waals surface area contributed by atoms with Crippen molar-refractivity contribution in [3.05, 3.63) is 34.9 Å². The molecular weight excluding hydrogens is 260 g/mol. The predicted octanol–water partition coefficient (Wildman–Crippen LogP) is 1.40. The zero-order valence-electron chi connectivity index (χ0n) is 13.3. The number of hydrogen-bond acceptors (Lipinski definition) is 4. The maximum atomic E-state index is 6.06. The Balaban J connectivity index is 1.93. The Labute approximate surface area is 128 Å². The number of aryl methyl sites for hydroxylation is 1. The van der Waals surface area contributed by atoms with Crippen LogP contribution in [0.4, 0.5) is 0 Å². The van der Waals surface area contributed by atoms with E-state index in [0.717, 1.165) is 32.5 Å². The number of fused-ring (bicyclic) bond motifs is 1. The lowest BCUT2D eigenvalue weighted by Gasteiger charge is -2.45. The van der Waals surface area contributed by atoms with Crippen molar-refractivity contribution in [3.63, 3.8) is 0 Å². The van der Waals surface area contributed by atoms with Crippen molar-refractivity contribution in [1.29, 1.82) is 0 Å². The molecule has 0 bridgehead atoms. The number of hydrogen-bond donors (Lipinski definition) is 2. The van der Waals surface area contributed by atoms with Gasteiger partial charge in [-0.25, -0.2) is 0 Å². The van der Waals surface area contributed by atoms with Crippen molar-refractivity contribution >= 4 is 0 Å². The van der Waals surface area contributed by atoms with E-state index in [-0.39, 0.29) is 0 Å². The van der Waals surface area contributed by atoms with Crippen LogP contribution in [-0.2, 0) is 0 Å². The van der Waals surface area contributed by atoms with Crippen molar-refractivity contribution in [1.82, 2.24) is 9.80 Å². The summed E-state index contributed by atoms with van der Waals surface area (Å²) in [4.78, 5) is 5.03. The molecular formula is C17H28N4. The van der Waals surface area contributed by atoms with E-state index in [0.29, 0.717) is 24.7 Å². The largest absolute Gasteiger partial charge is 0.329 e.